The van der Waals surface area contributed by atoms with E-state index < -0.39 is 0 Å². The number of hydrogen-bond acceptors (Lipinski definition) is 6. The Morgan fingerprint density at radius 1 is 1.16 bits per heavy atom. The lowest BCUT2D eigenvalue weighted by Gasteiger charge is -2.19. The minimum absolute atomic E-state index is 0.143. The molecule has 1 aromatic rings. The molecule has 1 aliphatic heterocycles. The summed E-state index contributed by atoms with van der Waals surface area (Å²) < 4.78 is 4.95. The van der Waals surface area contributed by atoms with Crippen LogP contribution in [0.25, 0.3) is 0 Å². The number of anilines is 1. The van der Waals surface area contributed by atoms with Crippen LogP contribution in [0.15, 0.2) is 0 Å². The molecule has 0 amide bonds. The molecule has 1 aromatic heterocycles. The highest BCUT2D eigenvalue weighted by atomic mass is 35.5. The van der Waals surface area contributed by atoms with Gasteiger partial charge in [-0.2, -0.15) is 15.0 Å². The fourth-order valence-corrected chi connectivity index (χ4v) is 2.34. The highest BCUT2D eigenvalue weighted by Crippen LogP contribution is 2.11. The molecule has 1 N–H and O–H groups in total. The van der Waals surface area contributed by atoms with Gasteiger partial charge in [-0.15, -0.1) is 0 Å². The zero-order chi connectivity index (χ0) is 13.5. The molecule has 0 aliphatic carbocycles. The molecule has 0 radical (unpaired) electrons. The van der Waals surface area contributed by atoms with Crippen LogP contribution in [-0.4, -0.2) is 53.1 Å². The summed E-state index contributed by atoms with van der Waals surface area (Å²) in [4.78, 5) is 14.4. The molecule has 7 heteroatoms. The van der Waals surface area contributed by atoms with E-state index >= 15 is 0 Å². The Balaban J connectivity index is 1.79. The molecule has 0 spiro atoms. The van der Waals surface area contributed by atoms with E-state index in [0.29, 0.717) is 5.95 Å². The van der Waals surface area contributed by atoms with E-state index in [1.165, 1.54) is 45.9 Å². The van der Waals surface area contributed by atoms with Crippen molar-refractivity contribution in [1.82, 2.24) is 19.9 Å². The average Bonchev–Trinajstić information content (AvgIpc) is 2.67. The van der Waals surface area contributed by atoms with Crippen LogP contribution in [0.1, 0.15) is 25.7 Å². The van der Waals surface area contributed by atoms with E-state index in [2.05, 4.69) is 25.2 Å². The summed E-state index contributed by atoms with van der Waals surface area (Å²) in [5.41, 5.74) is 0. The summed E-state index contributed by atoms with van der Waals surface area (Å²) in [6, 6.07) is 0.234. The van der Waals surface area contributed by atoms with Crippen molar-refractivity contribution in [1.29, 1.82) is 0 Å². The lowest BCUT2D eigenvalue weighted by atomic mass is 10.2. The van der Waals surface area contributed by atoms with Crippen LogP contribution in [0, 0.1) is 0 Å². The third-order valence-corrected chi connectivity index (χ3v) is 3.35. The minimum Gasteiger partial charge on any atom is -0.467 e. The number of halogens is 1. The lowest BCUT2D eigenvalue weighted by molar-refractivity contribution is 0.296. The molecule has 1 fully saturated rings. The molecule has 106 valence electrons. The number of rotatable bonds is 5. The SMILES string of the molecule is COc1nc(Cl)nc(NCCN2CCCCCC2)n1. The third-order valence-electron chi connectivity index (χ3n) is 3.18. The number of ether oxygens (including phenoxy) is 1. The Kier molecular flexibility index (Phi) is 5.60. The van der Waals surface area contributed by atoms with E-state index in [1.807, 2.05) is 0 Å². The van der Waals surface area contributed by atoms with Gasteiger partial charge < -0.3 is 15.0 Å². The van der Waals surface area contributed by atoms with Gasteiger partial charge in [0.05, 0.1) is 7.11 Å². The van der Waals surface area contributed by atoms with Gasteiger partial charge in [-0.3, -0.25) is 0 Å². The van der Waals surface area contributed by atoms with E-state index in [-0.39, 0.29) is 11.3 Å². The molecular formula is C12H20ClN5O. The Labute approximate surface area is 118 Å². The highest BCUT2D eigenvalue weighted by molar-refractivity contribution is 6.28. The summed E-state index contributed by atoms with van der Waals surface area (Å²) in [5, 5.41) is 3.30. The number of methoxy groups -OCH3 is 1. The van der Waals surface area contributed by atoms with Gasteiger partial charge in [-0.25, -0.2) is 0 Å². The predicted octanol–water partition coefficient (Wildman–Crippen LogP) is 1.82. The van der Waals surface area contributed by atoms with Gasteiger partial charge in [-0.05, 0) is 37.5 Å². The minimum atomic E-state index is 0.143. The quantitative estimate of drug-likeness (QED) is 0.890. The second-order valence-corrected chi connectivity index (χ2v) is 4.94. The van der Waals surface area contributed by atoms with Crippen molar-refractivity contribution in [2.24, 2.45) is 0 Å². The van der Waals surface area contributed by atoms with E-state index in [0.717, 1.165) is 13.1 Å². The molecule has 1 aliphatic rings. The number of hydrogen-bond donors (Lipinski definition) is 1. The van der Waals surface area contributed by atoms with Crippen LogP contribution < -0.4 is 10.1 Å². The van der Waals surface area contributed by atoms with Gasteiger partial charge >= 0.3 is 6.01 Å². The monoisotopic (exact) mass is 285 g/mol. The highest BCUT2D eigenvalue weighted by Gasteiger charge is 2.09. The molecule has 0 aromatic carbocycles. The zero-order valence-corrected chi connectivity index (χ0v) is 12.0. The number of likely N-dealkylation sites (tertiary alicyclic amines) is 1. The fraction of sp³-hybridized carbons (Fsp3) is 0.750. The maximum Gasteiger partial charge on any atom is 0.322 e. The second kappa shape index (κ2) is 7.45. The van der Waals surface area contributed by atoms with Crippen LogP contribution in [0.3, 0.4) is 0 Å². The van der Waals surface area contributed by atoms with Crippen molar-refractivity contribution in [3.8, 4) is 6.01 Å². The summed E-state index contributed by atoms with van der Waals surface area (Å²) in [7, 11) is 1.51. The first-order chi connectivity index (χ1) is 9.28. The standard InChI is InChI=1S/C12H20ClN5O/c1-19-12-16-10(13)15-11(17-12)14-6-9-18-7-4-2-3-5-8-18/h2-9H2,1H3,(H,14,15,16,17). The fourth-order valence-electron chi connectivity index (χ4n) is 2.19. The Hall–Kier alpha value is -1.14. The van der Waals surface area contributed by atoms with E-state index in [9.17, 15) is 0 Å². The largest absolute Gasteiger partial charge is 0.467 e. The number of aromatic nitrogens is 3. The Morgan fingerprint density at radius 3 is 2.58 bits per heavy atom. The van der Waals surface area contributed by atoms with Gasteiger partial charge in [0, 0.05) is 13.1 Å². The Bertz CT molecular complexity index is 396. The van der Waals surface area contributed by atoms with Gasteiger partial charge in [0.25, 0.3) is 0 Å². The molecule has 0 atom stereocenters. The molecule has 0 saturated carbocycles. The Morgan fingerprint density at radius 2 is 1.89 bits per heavy atom. The first-order valence-corrected chi connectivity index (χ1v) is 7.07. The normalized spacial score (nSPS) is 16.9. The maximum absolute atomic E-state index is 5.79. The first-order valence-electron chi connectivity index (χ1n) is 6.70. The molecule has 1 saturated heterocycles. The molecule has 0 unspecified atom stereocenters. The van der Waals surface area contributed by atoms with Crippen molar-refractivity contribution >= 4 is 17.5 Å². The van der Waals surface area contributed by atoms with E-state index in [4.69, 9.17) is 16.3 Å². The smallest absolute Gasteiger partial charge is 0.322 e. The molecule has 2 heterocycles. The molecule has 6 nitrogen and oxygen atoms in total. The summed E-state index contributed by atoms with van der Waals surface area (Å²) in [6.45, 7) is 4.15. The van der Waals surface area contributed by atoms with Crippen LogP contribution in [-0.2, 0) is 0 Å². The number of nitrogens with one attached hydrogen (secondary N) is 1. The van der Waals surface area contributed by atoms with Crippen molar-refractivity contribution in [3.63, 3.8) is 0 Å². The molecule has 0 bridgehead atoms. The molecule has 2 rings (SSSR count). The molecular weight excluding hydrogens is 266 g/mol. The van der Waals surface area contributed by atoms with Crippen LogP contribution >= 0.6 is 11.6 Å². The maximum atomic E-state index is 5.79. The second-order valence-electron chi connectivity index (χ2n) is 4.60. The van der Waals surface area contributed by atoms with Crippen LogP contribution in [0.4, 0.5) is 5.95 Å². The van der Waals surface area contributed by atoms with Gasteiger partial charge in [-0.1, -0.05) is 12.8 Å². The predicted molar refractivity (Wildman–Crippen MR) is 74.8 cm³/mol. The van der Waals surface area contributed by atoms with Crippen molar-refractivity contribution in [3.05, 3.63) is 5.28 Å². The van der Waals surface area contributed by atoms with E-state index in [1.54, 1.807) is 0 Å². The van der Waals surface area contributed by atoms with Gasteiger partial charge in [0.15, 0.2) is 0 Å². The van der Waals surface area contributed by atoms with Crippen molar-refractivity contribution in [2.75, 3.05) is 38.6 Å². The summed E-state index contributed by atoms with van der Waals surface area (Å²) >= 11 is 5.79. The zero-order valence-electron chi connectivity index (χ0n) is 11.2. The topological polar surface area (TPSA) is 63.2 Å². The third kappa shape index (κ3) is 4.80. The van der Waals surface area contributed by atoms with Gasteiger partial charge in [0.2, 0.25) is 11.2 Å². The summed E-state index contributed by atoms with van der Waals surface area (Å²) in [6.07, 6.45) is 5.30. The van der Waals surface area contributed by atoms with Crippen LogP contribution in [0.5, 0.6) is 6.01 Å². The number of nitrogens with zero attached hydrogens (tertiary/aromatic N) is 4. The molecule has 19 heavy (non-hydrogen) atoms. The van der Waals surface area contributed by atoms with Gasteiger partial charge in [0.1, 0.15) is 0 Å². The van der Waals surface area contributed by atoms with Crippen LogP contribution in [0.2, 0.25) is 5.28 Å². The average molecular weight is 286 g/mol. The first kappa shape index (κ1) is 14.3. The lowest BCUT2D eigenvalue weighted by Crippen LogP contribution is -2.30. The van der Waals surface area contributed by atoms with Crippen molar-refractivity contribution < 1.29 is 4.74 Å². The summed E-state index contributed by atoms with van der Waals surface area (Å²) in [5.74, 6) is 0.465. The van der Waals surface area contributed by atoms with Crippen molar-refractivity contribution in [2.45, 2.75) is 25.7 Å².